The molecule has 3 amide bonds. The van der Waals surface area contributed by atoms with Gasteiger partial charge in [-0.15, -0.1) is 0 Å². The van der Waals surface area contributed by atoms with Crippen molar-refractivity contribution in [3.8, 4) is 0 Å². The minimum absolute atomic E-state index is 0.0181. The van der Waals surface area contributed by atoms with Crippen molar-refractivity contribution in [2.75, 3.05) is 0 Å². The van der Waals surface area contributed by atoms with Gasteiger partial charge in [0.05, 0.1) is 5.39 Å². The molecule has 0 fully saturated rings. The molecule has 0 unspecified atom stereocenters. The first-order valence-electron chi connectivity index (χ1n) is 7.72. The number of aryl methyl sites for hydroxylation is 1. The van der Waals surface area contributed by atoms with Crippen LogP contribution in [0.3, 0.4) is 0 Å². The van der Waals surface area contributed by atoms with Gasteiger partial charge in [-0.3, -0.25) is 30.0 Å². The molecule has 0 saturated heterocycles. The number of fused-ring (bicyclic) bond motifs is 1. The first kappa shape index (κ1) is 18.1. The van der Waals surface area contributed by atoms with Gasteiger partial charge in [0.25, 0.3) is 17.4 Å². The molecule has 2 aromatic rings. The predicted molar refractivity (Wildman–Crippen MR) is 90.6 cm³/mol. The number of amides is 3. The molecule has 0 aliphatic heterocycles. The van der Waals surface area contributed by atoms with Gasteiger partial charge in [-0.25, -0.2) is 4.68 Å². The van der Waals surface area contributed by atoms with Crippen LogP contribution < -0.4 is 21.7 Å². The molecule has 1 heterocycles. The lowest BCUT2D eigenvalue weighted by Gasteiger charge is -2.14. The summed E-state index contributed by atoms with van der Waals surface area (Å²) in [4.78, 5) is 47.4. The van der Waals surface area contributed by atoms with Crippen LogP contribution in [0.25, 0.3) is 10.8 Å². The summed E-state index contributed by atoms with van der Waals surface area (Å²) in [5, 5.41) is 7.21. The molecule has 0 saturated carbocycles. The highest BCUT2D eigenvalue weighted by Crippen LogP contribution is 2.12. The van der Waals surface area contributed by atoms with E-state index in [1.165, 1.54) is 18.5 Å². The van der Waals surface area contributed by atoms with Gasteiger partial charge in [-0.2, -0.15) is 5.10 Å². The van der Waals surface area contributed by atoms with Crippen LogP contribution in [-0.2, 0) is 16.1 Å². The number of aromatic nitrogens is 2. The van der Waals surface area contributed by atoms with Crippen LogP contribution >= 0.6 is 0 Å². The average molecular weight is 345 g/mol. The fourth-order valence-corrected chi connectivity index (χ4v) is 2.27. The monoisotopic (exact) mass is 345 g/mol. The number of benzene rings is 1. The highest BCUT2D eigenvalue weighted by Gasteiger charge is 2.18. The molecule has 0 radical (unpaired) electrons. The van der Waals surface area contributed by atoms with Gasteiger partial charge >= 0.3 is 0 Å². The quantitative estimate of drug-likeness (QED) is 0.657. The Morgan fingerprint density at radius 3 is 2.40 bits per heavy atom. The highest BCUT2D eigenvalue weighted by molar-refractivity contribution is 6.05. The van der Waals surface area contributed by atoms with E-state index >= 15 is 0 Å². The Balaban J connectivity index is 2.25. The summed E-state index contributed by atoms with van der Waals surface area (Å²) in [5.74, 6) is -1.62. The lowest BCUT2D eigenvalue weighted by molar-refractivity contribution is -0.128. The minimum atomic E-state index is -0.813. The summed E-state index contributed by atoms with van der Waals surface area (Å²) in [6.07, 6.45) is 0. The molecule has 0 spiro atoms. The maximum absolute atomic E-state index is 12.4. The van der Waals surface area contributed by atoms with E-state index in [0.29, 0.717) is 17.3 Å². The van der Waals surface area contributed by atoms with Crippen LogP contribution in [0.1, 0.15) is 31.3 Å². The second-order valence-electron chi connectivity index (χ2n) is 5.38. The molecule has 0 aliphatic rings. The van der Waals surface area contributed by atoms with Crippen molar-refractivity contribution in [2.45, 2.75) is 33.4 Å². The number of nitrogens with one attached hydrogen (secondary N) is 3. The van der Waals surface area contributed by atoms with Gasteiger partial charge in [-0.05, 0) is 19.9 Å². The van der Waals surface area contributed by atoms with Gasteiger partial charge in [0, 0.05) is 18.9 Å². The fourth-order valence-electron chi connectivity index (χ4n) is 2.27. The van der Waals surface area contributed by atoms with Crippen molar-refractivity contribution in [3.63, 3.8) is 0 Å². The van der Waals surface area contributed by atoms with E-state index < -0.39 is 17.9 Å². The maximum Gasteiger partial charge on any atom is 0.290 e. The number of rotatable bonds is 4. The Hall–Kier alpha value is -3.23. The molecule has 3 N–H and O–H groups in total. The summed E-state index contributed by atoms with van der Waals surface area (Å²) >= 11 is 0. The van der Waals surface area contributed by atoms with Gasteiger partial charge in [0.1, 0.15) is 6.04 Å². The Labute approximate surface area is 143 Å². The topological polar surface area (TPSA) is 122 Å². The summed E-state index contributed by atoms with van der Waals surface area (Å²) in [6, 6.07) is 5.79. The Morgan fingerprint density at radius 2 is 1.80 bits per heavy atom. The summed E-state index contributed by atoms with van der Waals surface area (Å²) in [7, 11) is 0. The lowest BCUT2D eigenvalue weighted by atomic mass is 10.1. The number of hydrogen-bond acceptors (Lipinski definition) is 5. The summed E-state index contributed by atoms with van der Waals surface area (Å²) in [5.41, 5.74) is 4.19. The third-order valence-corrected chi connectivity index (χ3v) is 3.49. The van der Waals surface area contributed by atoms with E-state index in [0.717, 1.165) is 0 Å². The van der Waals surface area contributed by atoms with Crippen molar-refractivity contribution in [1.82, 2.24) is 25.9 Å². The summed E-state index contributed by atoms with van der Waals surface area (Å²) in [6.45, 7) is 4.80. The normalized spacial score (nSPS) is 11.6. The van der Waals surface area contributed by atoms with E-state index in [1.807, 2.05) is 0 Å². The number of hydrogen-bond donors (Lipinski definition) is 3. The average Bonchev–Trinajstić information content (AvgIpc) is 2.59. The van der Waals surface area contributed by atoms with Gasteiger partial charge < -0.3 is 5.32 Å². The molecule has 0 bridgehead atoms. The second kappa shape index (κ2) is 7.56. The van der Waals surface area contributed by atoms with E-state index in [1.54, 1.807) is 31.2 Å². The minimum Gasteiger partial charge on any atom is -0.345 e. The first-order chi connectivity index (χ1) is 11.8. The van der Waals surface area contributed by atoms with Crippen LogP contribution in [0.5, 0.6) is 0 Å². The van der Waals surface area contributed by atoms with Crippen molar-refractivity contribution in [3.05, 3.63) is 40.3 Å². The lowest BCUT2D eigenvalue weighted by Crippen LogP contribution is -2.51. The van der Waals surface area contributed by atoms with Gasteiger partial charge in [-0.1, -0.05) is 18.2 Å². The van der Waals surface area contributed by atoms with E-state index in [-0.39, 0.29) is 17.2 Å². The molecule has 1 aromatic carbocycles. The van der Waals surface area contributed by atoms with Crippen molar-refractivity contribution in [2.24, 2.45) is 0 Å². The van der Waals surface area contributed by atoms with Crippen molar-refractivity contribution >= 4 is 28.5 Å². The van der Waals surface area contributed by atoms with E-state index in [2.05, 4.69) is 21.3 Å². The molecule has 0 aliphatic carbocycles. The highest BCUT2D eigenvalue weighted by atomic mass is 16.2. The summed E-state index contributed by atoms with van der Waals surface area (Å²) < 4.78 is 1.18. The fraction of sp³-hybridized carbons (Fsp3) is 0.312. The Bertz CT molecular complexity index is 890. The molecule has 25 heavy (non-hydrogen) atoms. The van der Waals surface area contributed by atoms with E-state index in [4.69, 9.17) is 0 Å². The molecule has 1 atom stereocenters. The molecular weight excluding hydrogens is 326 g/mol. The standard InChI is InChI=1S/C16H19N5O4/c1-4-21-16(25)12-8-6-5-7-11(12)13(20-21)15(24)19-18-14(23)9(2)17-10(3)22/h5-9H,4H2,1-3H3,(H,17,22)(H,18,23)(H,19,24)/t9-/m0/s1. The zero-order chi connectivity index (χ0) is 18.6. The maximum atomic E-state index is 12.4. The van der Waals surface area contributed by atoms with Crippen LogP contribution in [-0.4, -0.2) is 33.5 Å². The predicted octanol–water partition coefficient (Wildman–Crippen LogP) is -0.298. The molecule has 132 valence electrons. The zero-order valence-electron chi connectivity index (χ0n) is 14.1. The van der Waals surface area contributed by atoms with Gasteiger partial charge in [0.15, 0.2) is 5.69 Å². The molecule has 9 nitrogen and oxygen atoms in total. The SMILES string of the molecule is CCn1nc(C(=O)NNC(=O)[C@H](C)NC(C)=O)c2ccccc2c1=O. The molecule has 9 heteroatoms. The largest absolute Gasteiger partial charge is 0.345 e. The van der Waals surface area contributed by atoms with Crippen LogP contribution in [0.4, 0.5) is 0 Å². The van der Waals surface area contributed by atoms with Crippen molar-refractivity contribution in [1.29, 1.82) is 0 Å². The number of carbonyl (C=O) groups excluding carboxylic acids is 3. The smallest absolute Gasteiger partial charge is 0.290 e. The van der Waals surface area contributed by atoms with Crippen molar-refractivity contribution < 1.29 is 14.4 Å². The van der Waals surface area contributed by atoms with Crippen LogP contribution in [0, 0.1) is 0 Å². The first-order valence-corrected chi connectivity index (χ1v) is 7.72. The number of nitrogens with zero attached hydrogens (tertiary/aromatic N) is 2. The third kappa shape index (κ3) is 4.00. The van der Waals surface area contributed by atoms with Crippen LogP contribution in [0.2, 0.25) is 0 Å². The number of hydrazine groups is 1. The molecule has 1 aromatic heterocycles. The Kier molecular flexibility index (Phi) is 5.48. The molecular formula is C16H19N5O4. The van der Waals surface area contributed by atoms with E-state index in [9.17, 15) is 19.2 Å². The number of carbonyl (C=O) groups is 3. The van der Waals surface area contributed by atoms with Crippen LogP contribution in [0.15, 0.2) is 29.1 Å². The third-order valence-electron chi connectivity index (χ3n) is 3.49. The Morgan fingerprint density at radius 1 is 1.16 bits per heavy atom. The zero-order valence-corrected chi connectivity index (χ0v) is 14.1. The van der Waals surface area contributed by atoms with Gasteiger partial charge in [0.2, 0.25) is 5.91 Å². The second-order valence-corrected chi connectivity index (χ2v) is 5.38. The molecule has 2 rings (SSSR count).